The summed E-state index contributed by atoms with van der Waals surface area (Å²) in [7, 11) is 0. The molecule has 1 aromatic carbocycles. The lowest BCUT2D eigenvalue weighted by Gasteiger charge is -2.20. The van der Waals surface area contributed by atoms with Crippen LogP contribution in [0.25, 0.3) is 0 Å². The van der Waals surface area contributed by atoms with E-state index in [1.54, 1.807) is 27.7 Å². The van der Waals surface area contributed by atoms with E-state index in [-0.39, 0.29) is 12.0 Å². The van der Waals surface area contributed by atoms with E-state index in [4.69, 9.17) is 9.84 Å². The number of nitrogens with one attached hydrogen (secondary N) is 1. The molecule has 0 saturated carbocycles. The van der Waals surface area contributed by atoms with Crippen LogP contribution >= 0.6 is 0 Å². The van der Waals surface area contributed by atoms with Crippen molar-refractivity contribution in [3.05, 3.63) is 29.6 Å². The van der Waals surface area contributed by atoms with E-state index in [1.165, 1.54) is 18.2 Å². The second-order valence-corrected chi connectivity index (χ2v) is 5.86. The van der Waals surface area contributed by atoms with Gasteiger partial charge in [-0.3, -0.25) is 10.1 Å². The molecule has 2 N–H and O–H groups in total. The van der Waals surface area contributed by atoms with E-state index < -0.39 is 29.4 Å². The maximum atomic E-state index is 13.7. The Morgan fingerprint density at radius 2 is 2.00 bits per heavy atom. The lowest BCUT2D eigenvalue weighted by Crippen LogP contribution is -2.27. The van der Waals surface area contributed by atoms with Gasteiger partial charge in [0.05, 0.1) is 6.42 Å². The van der Waals surface area contributed by atoms with Crippen LogP contribution in [0.1, 0.15) is 45.6 Å². The van der Waals surface area contributed by atoms with E-state index in [2.05, 4.69) is 5.32 Å². The fourth-order valence-corrected chi connectivity index (χ4v) is 1.79. The molecule has 1 atom stereocenters. The molecule has 5 nitrogen and oxygen atoms in total. The van der Waals surface area contributed by atoms with Crippen molar-refractivity contribution in [3.63, 3.8) is 0 Å². The minimum absolute atomic E-state index is 0.188. The van der Waals surface area contributed by atoms with Crippen molar-refractivity contribution in [2.45, 2.75) is 45.6 Å². The minimum Gasteiger partial charge on any atom is -0.481 e. The van der Waals surface area contributed by atoms with Gasteiger partial charge in [-0.2, -0.15) is 0 Å². The molecule has 0 fully saturated rings. The summed E-state index contributed by atoms with van der Waals surface area (Å²) >= 11 is 0. The van der Waals surface area contributed by atoms with Crippen molar-refractivity contribution < 1.29 is 23.8 Å². The molecule has 1 unspecified atom stereocenters. The Labute approximate surface area is 123 Å². The molecule has 1 aromatic rings. The van der Waals surface area contributed by atoms with Crippen molar-refractivity contribution >= 4 is 17.7 Å². The third kappa shape index (κ3) is 5.81. The summed E-state index contributed by atoms with van der Waals surface area (Å²) < 4.78 is 18.8. The highest BCUT2D eigenvalue weighted by atomic mass is 19.1. The molecule has 0 aliphatic heterocycles. The Hall–Kier alpha value is -2.11. The number of hydrogen-bond acceptors (Lipinski definition) is 3. The molecule has 0 radical (unpaired) electrons. The third-order valence-electron chi connectivity index (χ3n) is 2.65. The molecule has 0 aliphatic carbocycles. The van der Waals surface area contributed by atoms with Crippen molar-refractivity contribution in [1.82, 2.24) is 0 Å². The molecular weight excluding hydrogens is 277 g/mol. The second kappa shape index (κ2) is 6.56. The van der Waals surface area contributed by atoms with E-state index in [1.807, 2.05) is 0 Å². The lowest BCUT2D eigenvalue weighted by molar-refractivity contribution is -0.137. The van der Waals surface area contributed by atoms with Gasteiger partial charge in [-0.05, 0) is 50.5 Å². The van der Waals surface area contributed by atoms with Gasteiger partial charge in [0.15, 0.2) is 0 Å². The predicted octanol–water partition coefficient (Wildman–Crippen LogP) is 3.75. The highest BCUT2D eigenvalue weighted by molar-refractivity contribution is 5.85. The summed E-state index contributed by atoms with van der Waals surface area (Å²) in [6.07, 6.45) is -0.835. The van der Waals surface area contributed by atoms with Gasteiger partial charge in [-0.25, -0.2) is 9.18 Å². The Morgan fingerprint density at radius 1 is 1.38 bits per heavy atom. The van der Waals surface area contributed by atoms with E-state index in [0.717, 1.165) is 0 Å². The van der Waals surface area contributed by atoms with Crippen LogP contribution < -0.4 is 5.32 Å². The first-order valence-electron chi connectivity index (χ1n) is 6.59. The molecule has 0 bridgehead atoms. The van der Waals surface area contributed by atoms with Gasteiger partial charge in [-0.15, -0.1) is 0 Å². The largest absolute Gasteiger partial charge is 0.481 e. The number of carboxylic acids is 1. The van der Waals surface area contributed by atoms with Crippen molar-refractivity contribution in [2.75, 3.05) is 5.32 Å². The van der Waals surface area contributed by atoms with Crippen LogP contribution in [0.3, 0.4) is 0 Å². The van der Waals surface area contributed by atoms with Crippen LogP contribution in [0, 0.1) is 5.82 Å². The Morgan fingerprint density at radius 3 is 2.52 bits per heavy atom. The maximum Gasteiger partial charge on any atom is 0.412 e. The number of amides is 1. The number of rotatable bonds is 4. The number of halogens is 1. The lowest BCUT2D eigenvalue weighted by atomic mass is 9.97. The second-order valence-electron chi connectivity index (χ2n) is 5.86. The zero-order valence-electron chi connectivity index (χ0n) is 12.6. The van der Waals surface area contributed by atoms with Gasteiger partial charge in [0.1, 0.15) is 11.4 Å². The zero-order valence-corrected chi connectivity index (χ0v) is 12.6. The number of aliphatic carboxylic acids is 1. The SMILES string of the molecule is CC(CC(=O)O)c1cc(NC(=O)OC(C)(C)C)ccc1F. The number of anilines is 1. The predicted molar refractivity (Wildman–Crippen MR) is 76.9 cm³/mol. The van der Waals surface area contributed by atoms with Crippen LogP contribution in [-0.2, 0) is 9.53 Å². The Balaban J connectivity index is 2.86. The van der Waals surface area contributed by atoms with Crippen LogP contribution in [0.4, 0.5) is 14.9 Å². The van der Waals surface area contributed by atoms with Crippen molar-refractivity contribution in [2.24, 2.45) is 0 Å². The minimum atomic E-state index is -1.01. The van der Waals surface area contributed by atoms with Gasteiger partial charge in [0.2, 0.25) is 0 Å². The normalized spacial score (nSPS) is 12.6. The maximum absolute atomic E-state index is 13.7. The molecule has 0 heterocycles. The van der Waals surface area contributed by atoms with E-state index in [0.29, 0.717) is 5.69 Å². The number of carboxylic acid groups (broad SMARTS) is 1. The number of carbonyl (C=O) groups is 2. The highest BCUT2D eigenvalue weighted by Gasteiger charge is 2.18. The summed E-state index contributed by atoms with van der Waals surface area (Å²) in [4.78, 5) is 22.4. The van der Waals surface area contributed by atoms with Crippen molar-refractivity contribution in [1.29, 1.82) is 0 Å². The van der Waals surface area contributed by atoms with Gasteiger partial charge in [0, 0.05) is 5.69 Å². The van der Waals surface area contributed by atoms with Gasteiger partial charge in [-0.1, -0.05) is 6.92 Å². The summed E-state index contributed by atoms with van der Waals surface area (Å²) in [6, 6.07) is 4.02. The van der Waals surface area contributed by atoms with Crippen LogP contribution in [0.15, 0.2) is 18.2 Å². The number of carbonyl (C=O) groups excluding carboxylic acids is 1. The zero-order chi connectivity index (χ0) is 16.2. The molecule has 1 rings (SSSR count). The quantitative estimate of drug-likeness (QED) is 0.887. The van der Waals surface area contributed by atoms with Crippen LogP contribution in [-0.4, -0.2) is 22.8 Å². The topological polar surface area (TPSA) is 75.6 Å². The van der Waals surface area contributed by atoms with Crippen molar-refractivity contribution in [3.8, 4) is 0 Å². The molecule has 0 aromatic heterocycles. The standard InChI is InChI=1S/C15H20FNO4/c1-9(7-13(18)19)11-8-10(5-6-12(11)16)17-14(20)21-15(2,3)4/h5-6,8-9H,7H2,1-4H3,(H,17,20)(H,18,19). The summed E-state index contributed by atoms with van der Waals surface area (Å²) in [6.45, 7) is 6.82. The molecule has 21 heavy (non-hydrogen) atoms. The first-order valence-corrected chi connectivity index (χ1v) is 6.59. The Bertz CT molecular complexity index is 537. The molecule has 0 aliphatic rings. The Kier molecular flexibility index (Phi) is 5.29. The summed E-state index contributed by atoms with van der Waals surface area (Å²) in [5, 5.41) is 11.3. The molecule has 6 heteroatoms. The average Bonchev–Trinajstić information content (AvgIpc) is 2.28. The molecule has 116 valence electrons. The molecule has 0 spiro atoms. The summed E-state index contributed by atoms with van der Waals surface area (Å²) in [5.74, 6) is -2.01. The molecule has 0 saturated heterocycles. The van der Waals surface area contributed by atoms with E-state index >= 15 is 0 Å². The first kappa shape index (κ1) is 16.9. The van der Waals surface area contributed by atoms with Gasteiger partial charge >= 0.3 is 12.1 Å². The number of benzene rings is 1. The van der Waals surface area contributed by atoms with Gasteiger partial charge in [0.25, 0.3) is 0 Å². The highest BCUT2D eigenvalue weighted by Crippen LogP contribution is 2.25. The molecule has 1 amide bonds. The molecular formula is C15H20FNO4. The van der Waals surface area contributed by atoms with E-state index in [9.17, 15) is 14.0 Å². The number of hydrogen-bond donors (Lipinski definition) is 2. The van der Waals surface area contributed by atoms with Crippen LogP contribution in [0.5, 0.6) is 0 Å². The van der Waals surface area contributed by atoms with Gasteiger partial charge < -0.3 is 9.84 Å². The monoisotopic (exact) mass is 297 g/mol. The first-order chi connectivity index (χ1) is 9.58. The summed E-state index contributed by atoms with van der Waals surface area (Å²) in [5.41, 5.74) is -0.0346. The average molecular weight is 297 g/mol. The smallest absolute Gasteiger partial charge is 0.412 e. The third-order valence-corrected chi connectivity index (χ3v) is 2.65. The van der Waals surface area contributed by atoms with Crippen LogP contribution in [0.2, 0.25) is 0 Å². The fourth-order valence-electron chi connectivity index (χ4n) is 1.79. The number of ether oxygens (including phenoxy) is 1. The fraction of sp³-hybridized carbons (Fsp3) is 0.467.